The van der Waals surface area contributed by atoms with Crippen molar-refractivity contribution in [2.24, 2.45) is 10.8 Å². The van der Waals surface area contributed by atoms with Crippen molar-refractivity contribution in [3.8, 4) is 0 Å². The Bertz CT molecular complexity index is 135. The van der Waals surface area contributed by atoms with E-state index >= 15 is 0 Å². The molecule has 0 atom stereocenters. The zero-order valence-corrected chi connectivity index (χ0v) is 11.9. The average molecular weight is 212 g/mol. The van der Waals surface area contributed by atoms with E-state index in [9.17, 15) is 0 Å². The number of hydrogen-bond acceptors (Lipinski definition) is 0. The van der Waals surface area contributed by atoms with Crippen molar-refractivity contribution in [3.63, 3.8) is 0 Å². The van der Waals surface area contributed by atoms with Gasteiger partial charge < -0.3 is 0 Å². The summed E-state index contributed by atoms with van der Waals surface area (Å²) in [5.41, 5.74) is 1.66. The molecular formula is C15H32. The van der Waals surface area contributed by atoms with Gasteiger partial charge in [0.15, 0.2) is 0 Å². The summed E-state index contributed by atoms with van der Waals surface area (Å²) in [5, 5.41) is 0. The minimum Gasteiger partial charge on any atom is -0.0683 e. The fourth-order valence-corrected chi connectivity index (χ4v) is 3.58. The van der Waals surface area contributed by atoms with Gasteiger partial charge in [0.05, 0.1) is 0 Å². The van der Waals surface area contributed by atoms with Crippen molar-refractivity contribution in [1.82, 2.24) is 0 Å². The molecule has 0 amide bonds. The largest absolute Gasteiger partial charge is 0.0683 e. The molecular weight excluding hydrogens is 180 g/mol. The molecule has 3 aliphatic carbocycles. The van der Waals surface area contributed by atoms with Crippen LogP contribution >= 0.6 is 0 Å². The third-order valence-corrected chi connectivity index (χ3v) is 4.41. The molecule has 3 saturated carbocycles. The van der Waals surface area contributed by atoms with Gasteiger partial charge in [0, 0.05) is 0 Å². The predicted molar refractivity (Wildman–Crippen MR) is 71.2 cm³/mol. The molecule has 0 heterocycles. The maximum Gasteiger partial charge on any atom is -0.0290 e. The molecule has 0 heteroatoms. The van der Waals surface area contributed by atoms with Crippen LogP contribution in [0.5, 0.6) is 0 Å². The van der Waals surface area contributed by atoms with Crippen LogP contribution in [0, 0.1) is 10.8 Å². The first-order chi connectivity index (χ1) is 7.24. The van der Waals surface area contributed by atoms with Gasteiger partial charge in [0.2, 0.25) is 0 Å². The summed E-state index contributed by atoms with van der Waals surface area (Å²) in [6.45, 7) is 12.8. The summed E-state index contributed by atoms with van der Waals surface area (Å²) in [6.07, 6.45) is 10.6. The maximum atomic E-state index is 2.38. The molecule has 0 unspecified atom stereocenters. The van der Waals surface area contributed by atoms with Crippen LogP contribution in [0.25, 0.3) is 0 Å². The molecule has 2 bridgehead atoms. The molecule has 0 N–H and O–H groups in total. The van der Waals surface area contributed by atoms with E-state index < -0.39 is 0 Å². The van der Waals surface area contributed by atoms with Gasteiger partial charge in [0.1, 0.15) is 0 Å². The van der Waals surface area contributed by atoms with E-state index in [-0.39, 0.29) is 0 Å². The topological polar surface area (TPSA) is 0 Å². The smallest absolute Gasteiger partial charge is 0.0290 e. The Kier molecular flexibility index (Phi) is 6.55. The van der Waals surface area contributed by atoms with Crippen molar-refractivity contribution in [2.75, 3.05) is 0 Å². The third kappa shape index (κ3) is 2.98. The van der Waals surface area contributed by atoms with E-state index in [1.807, 2.05) is 27.7 Å². The van der Waals surface area contributed by atoms with Gasteiger partial charge in [-0.1, -0.05) is 60.8 Å². The summed E-state index contributed by atoms with van der Waals surface area (Å²) in [5.74, 6) is 0. The van der Waals surface area contributed by atoms with Crippen molar-refractivity contribution in [3.05, 3.63) is 0 Å². The Morgan fingerprint density at radius 2 is 1.07 bits per heavy atom. The van der Waals surface area contributed by atoms with Gasteiger partial charge in [-0.2, -0.15) is 0 Å². The predicted octanol–water partition coefficient (Wildman–Crippen LogP) is 5.81. The van der Waals surface area contributed by atoms with E-state index in [0.29, 0.717) is 0 Å². The molecule has 3 aliphatic rings. The number of hydrogen-bond donors (Lipinski definition) is 0. The fraction of sp³-hybridized carbons (Fsp3) is 1.00. The van der Waals surface area contributed by atoms with Gasteiger partial charge in [-0.15, -0.1) is 0 Å². The zero-order valence-electron chi connectivity index (χ0n) is 11.9. The molecule has 0 saturated heterocycles. The molecule has 0 aromatic heterocycles. The normalized spacial score (nSPS) is 36.4. The fourth-order valence-electron chi connectivity index (χ4n) is 3.58. The summed E-state index contributed by atoms with van der Waals surface area (Å²) in [7, 11) is 0. The number of rotatable bonds is 2. The Morgan fingerprint density at radius 1 is 0.733 bits per heavy atom. The lowest BCUT2D eigenvalue weighted by Gasteiger charge is -2.61. The van der Waals surface area contributed by atoms with E-state index in [4.69, 9.17) is 0 Å². The van der Waals surface area contributed by atoms with Gasteiger partial charge in [-0.25, -0.2) is 0 Å². The third-order valence-electron chi connectivity index (χ3n) is 4.41. The molecule has 0 nitrogen and oxygen atoms in total. The van der Waals surface area contributed by atoms with Crippen LogP contribution in [0.2, 0.25) is 0 Å². The lowest BCUT2D eigenvalue weighted by molar-refractivity contribution is -0.0980. The SMILES string of the molecule is CC.CC.CCC12CCCC(CC)(C1)C2. The summed E-state index contributed by atoms with van der Waals surface area (Å²) < 4.78 is 0. The molecule has 3 fully saturated rings. The summed E-state index contributed by atoms with van der Waals surface area (Å²) in [6, 6.07) is 0. The Morgan fingerprint density at radius 3 is 1.33 bits per heavy atom. The van der Waals surface area contributed by atoms with Gasteiger partial charge >= 0.3 is 0 Å². The second-order valence-electron chi connectivity index (χ2n) is 4.91. The van der Waals surface area contributed by atoms with E-state index in [1.54, 1.807) is 12.8 Å². The second-order valence-corrected chi connectivity index (χ2v) is 4.91. The van der Waals surface area contributed by atoms with Crippen LogP contribution < -0.4 is 0 Å². The highest BCUT2D eigenvalue weighted by Gasteiger charge is 2.54. The lowest BCUT2D eigenvalue weighted by atomic mass is 9.44. The molecule has 0 radical (unpaired) electrons. The van der Waals surface area contributed by atoms with Crippen LogP contribution in [0.1, 0.15) is 86.5 Å². The van der Waals surface area contributed by atoms with Crippen LogP contribution in [-0.2, 0) is 0 Å². The highest BCUT2D eigenvalue weighted by Crippen LogP contribution is 2.66. The van der Waals surface area contributed by atoms with E-state index in [0.717, 1.165) is 10.8 Å². The highest BCUT2D eigenvalue weighted by atomic mass is 14.6. The molecule has 0 spiro atoms. The summed E-state index contributed by atoms with van der Waals surface area (Å²) >= 11 is 0. The van der Waals surface area contributed by atoms with Crippen molar-refractivity contribution < 1.29 is 0 Å². The molecule has 0 aromatic carbocycles. The molecule has 0 aliphatic heterocycles. The van der Waals surface area contributed by atoms with Crippen molar-refractivity contribution in [1.29, 1.82) is 0 Å². The summed E-state index contributed by atoms with van der Waals surface area (Å²) in [4.78, 5) is 0. The Hall–Kier alpha value is 0. The van der Waals surface area contributed by atoms with Crippen molar-refractivity contribution in [2.45, 2.75) is 86.5 Å². The van der Waals surface area contributed by atoms with Crippen LogP contribution in [0.4, 0.5) is 0 Å². The monoisotopic (exact) mass is 212 g/mol. The number of fused-ring (bicyclic) bond motifs is 2. The molecule has 92 valence electrons. The molecule has 0 aromatic rings. The standard InChI is InChI=1S/C11H20.2C2H6/c1-3-10-6-5-7-11(4-2,8-10)9-10;2*1-2/h3-9H2,1-2H3;2*1-2H3. The Labute approximate surface area is 97.8 Å². The highest BCUT2D eigenvalue weighted by molar-refractivity contribution is 5.05. The van der Waals surface area contributed by atoms with Gasteiger partial charge in [0.25, 0.3) is 0 Å². The zero-order chi connectivity index (χ0) is 11.9. The second kappa shape index (κ2) is 6.55. The van der Waals surface area contributed by atoms with E-state index in [1.165, 1.54) is 32.1 Å². The minimum atomic E-state index is 0.828. The minimum absolute atomic E-state index is 0.828. The quantitative estimate of drug-likeness (QED) is 0.542. The van der Waals surface area contributed by atoms with E-state index in [2.05, 4.69) is 13.8 Å². The van der Waals surface area contributed by atoms with Gasteiger partial charge in [-0.05, 0) is 36.5 Å². The van der Waals surface area contributed by atoms with Crippen LogP contribution in [-0.4, -0.2) is 0 Å². The first kappa shape index (κ1) is 15.0. The lowest BCUT2D eigenvalue weighted by Crippen LogP contribution is -2.49. The van der Waals surface area contributed by atoms with Gasteiger partial charge in [-0.3, -0.25) is 0 Å². The maximum absolute atomic E-state index is 2.38. The molecule has 3 rings (SSSR count). The molecule has 15 heavy (non-hydrogen) atoms. The van der Waals surface area contributed by atoms with Crippen molar-refractivity contribution >= 4 is 0 Å². The first-order valence-electron chi connectivity index (χ1n) is 7.24. The van der Waals surface area contributed by atoms with Crippen LogP contribution in [0.15, 0.2) is 0 Å². The first-order valence-corrected chi connectivity index (χ1v) is 7.24. The average Bonchev–Trinajstić information content (AvgIpc) is 2.33. The van der Waals surface area contributed by atoms with Crippen LogP contribution in [0.3, 0.4) is 0 Å². The Balaban J connectivity index is 0.000000442.